The summed E-state index contributed by atoms with van der Waals surface area (Å²) < 4.78 is 0. The van der Waals surface area contributed by atoms with Crippen molar-refractivity contribution in [3.63, 3.8) is 0 Å². The van der Waals surface area contributed by atoms with Crippen LogP contribution in [0.2, 0.25) is 0 Å². The molecule has 1 aromatic heterocycles. The quantitative estimate of drug-likeness (QED) is 0.844. The maximum absolute atomic E-state index is 4.20. The molecular formula is C13H20N4. The van der Waals surface area contributed by atoms with Gasteiger partial charge >= 0.3 is 0 Å². The number of nitrogens with one attached hydrogen (secondary N) is 1. The molecule has 92 valence electrons. The Labute approximate surface area is 102 Å². The molecule has 2 saturated heterocycles. The summed E-state index contributed by atoms with van der Waals surface area (Å²) in [6, 6.07) is 5.33. The first-order valence-electron chi connectivity index (χ1n) is 6.64. The van der Waals surface area contributed by atoms with Gasteiger partial charge in [0.25, 0.3) is 0 Å². The van der Waals surface area contributed by atoms with Crippen LogP contribution in [0.5, 0.6) is 0 Å². The molecule has 3 rings (SSSR count). The second-order valence-electron chi connectivity index (χ2n) is 5.20. The lowest BCUT2D eigenvalue weighted by Gasteiger charge is -2.32. The Morgan fingerprint density at radius 1 is 1.18 bits per heavy atom. The number of aromatic nitrogens is 2. The van der Waals surface area contributed by atoms with Gasteiger partial charge < -0.3 is 5.32 Å². The highest BCUT2D eigenvalue weighted by Gasteiger charge is 2.35. The molecule has 1 N–H and O–H groups in total. The first-order valence-corrected chi connectivity index (χ1v) is 6.64. The topological polar surface area (TPSA) is 41.0 Å². The lowest BCUT2D eigenvalue weighted by molar-refractivity contribution is 0.192. The number of fused-ring (bicyclic) bond motifs is 1. The van der Waals surface area contributed by atoms with Gasteiger partial charge in [0.1, 0.15) is 5.82 Å². The number of aryl methyl sites for hydroxylation is 1. The van der Waals surface area contributed by atoms with Crippen molar-refractivity contribution in [2.45, 2.75) is 44.7 Å². The van der Waals surface area contributed by atoms with E-state index in [-0.39, 0.29) is 0 Å². The van der Waals surface area contributed by atoms with Crippen molar-refractivity contribution in [3.05, 3.63) is 17.8 Å². The third-order valence-electron chi connectivity index (χ3n) is 3.99. The van der Waals surface area contributed by atoms with Crippen LogP contribution in [-0.2, 0) is 0 Å². The Hall–Kier alpha value is -1.16. The van der Waals surface area contributed by atoms with E-state index in [2.05, 4.69) is 20.4 Å². The van der Waals surface area contributed by atoms with Crippen molar-refractivity contribution in [3.8, 4) is 0 Å². The van der Waals surface area contributed by atoms with E-state index < -0.39 is 0 Å². The number of nitrogens with zero attached hydrogens (tertiary/aromatic N) is 3. The van der Waals surface area contributed by atoms with Crippen LogP contribution in [0, 0.1) is 6.92 Å². The molecule has 3 heterocycles. The zero-order valence-electron chi connectivity index (χ0n) is 10.4. The molecular weight excluding hydrogens is 212 g/mol. The smallest absolute Gasteiger partial charge is 0.148 e. The van der Waals surface area contributed by atoms with E-state index in [4.69, 9.17) is 0 Å². The van der Waals surface area contributed by atoms with Crippen LogP contribution >= 0.6 is 0 Å². The van der Waals surface area contributed by atoms with Crippen molar-refractivity contribution in [1.29, 1.82) is 0 Å². The Bertz CT molecular complexity index is 376. The highest BCUT2D eigenvalue weighted by Crippen LogP contribution is 2.28. The first-order chi connectivity index (χ1) is 8.33. The molecule has 4 nitrogen and oxygen atoms in total. The summed E-state index contributed by atoms with van der Waals surface area (Å²) in [6.45, 7) is 4.49. The van der Waals surface area contributed by atoms with Crippen molar-refractivity contribution in [2.75, 3.05) is 18.4 Å². The third-order valence-corrected chi connectivity index (χ3v) is 3.99. The Balaban J connectivity index is 1.67. The van der Waals surface area contributed by atoms with E-state index in [1.807, 2.05) is 19.1 Å². The van der Waals surface area contributed by atoms with Crippen LogP contribution in [-0.4, -0.2) is 40.3 Å². The van der Waals surface area contributed by atoms with Gasteiger partial charge in [-0.1, -0.05) is 6.42 Å². The molecule has 0 spiro atoms. The summed E-state index contributed by atoms with van der Waals surface area (Å²) in [6.07, 6.45) is 5.31. The lowest BCUT2D eigenvalue weighted by Crippen LogP contribution is -2.41. The zero-order chi connectivity index (χ0) is 11.7. The van der Waals surface area contributed by atoms with E-state index in [1.54, 1.807) is 0 Å². The molecule has 2 unspecified atom stereocenters. The minimum Gasteiger partial charge on any atom is -0.364 e. The third kappa shape index (κ3) is 2.27. The second kappa shape index (κ2) is 4.61. The van der Waals surface area contributed by atoms with Crippen LogP contribution in [0.15, 0.2) is 12.1 Å². The van der Waals surface area contributed by atoms with Gasteiger partial charge in [-0.3, -0.25) is 4.90 Å². The minimum absolute atomic E-state index is 0.562. The molecule has 0 saturated carbocycles. The average Bonchev–Trinajstić information content (AvgIpc) is 2.76. The van der Waals surface area contributed by atoms with Crippen LogP contribution in [0.3, 0.4) is 0 Å². The molecule has 0 amide bonds. The summed E-state index contributed by atoms with van der Waals surface area (Å²) >= 11 is 0. The molecule has 0 aromatic carbocycles. The summed E-state index contributed by atoms with van der Waals surface area (Å²) in [7, 11) is 0. The Morgan fingerprint density at radius 2 is 2.12 bits per heavy atom. The Kier molecular flexibility index (Phi) is 2.97. The molecule has 1 aromatic rings. The van der Waals surface area contributed by atoms with Crippen molar-refractivity contribution >= 4 is 5.82 Å². The summed E-state index contributed by atoms with van der Waals surface area (Å²) in [5.74, 6) is 0.924. The van der Waals surface area contributed by atoms with Gasteiger partial charge in [-0.2, -0.15) is 5.10 Å². The number of hydrogen-bond donors (Lipinski definition) is 1. The van der Waals surface area contributed by atoms with Gasteiger partial charge in [0.15, 0.2) is 0 Å². The average molecular weight is 232 g/mol. The Morgan fingerprint density at radius 3 is 2.94 bits per heavy atom. The van der Waals surface area contributed by atoms with Crippen molar-refractivity contribution < 1.29 is 0 Å². The predicted molar refractivity (Wildman–Crippen MR) is 68.0 cm³/mol. The highest BCUT2D eigenvalue weighted by molar-refractivity contribution is 5.35. The molecule has 2 aliphatic heterocycles. The van der Waals surface area contributed by atoms with E-state index in [1.165, 1.54) is 38.8 Å². The molecule has 2 aliphatic rings. The molecule has 2 atom stereocenters. The zero-order valence-corrected chi connectivity index (χ0v) is 10.4. The number of anilines is 1. The molecule has 4 heteroatoms. The fourth-order valence-electron chi connectivity index (χ4n) is 3.08. The first kappa shape index (κ1) is 11.0. The van der Waals surface area contributed by atoms with Gasteiger partial charge in [0.05, 0.1) is 5.69 Å². The van der Waals surface area contributed by atoms with Crippen molar-refractivity contribution in [1.82, 2.24) is 15.1 Å². The SMILES string of the molecule is Cc1ccc(NC2CCN3CCCCC23)nn1. The monoisotopic (exact) mass is 232 g/mol. The van der Waals surface area contributed by atoms with Gasteiger partial charge in [-0.05, 0) is 44.9 Å². The molecule has 17 heavy (non-hydrogen) atoms. The van der Waals surface area contributed by atoms with Gasteiger partial charge in [0.2, 0.25) is 0 Å². The fourth-order valence-corrected chi connectivity index (χ4v) is 3.08. The summed E-state index contributed by atoms with van der Waals surface area (Å²) in [4.78, 5) is 2.63. The largest absolute Gasteiger partial charge is 0.364 e. The van der Waals surface area contributed by atoms with Crippen LogP contribution in [0.4, 0.5) is 5.82 Å². The molecule has 0 radical (unpaired) electrons. The molecule has 0 bridgehead atoms. The van der Waals surface area contributed by atoms with E-state index in [0.29, 0.717) is 12.1 Å². The number of piperidine rings is 1. The minimum atomic E-state index is 0.562. The lowest BCUT2D eigenvalue weighted by atomic mass is 9.99. The standard InChI is InChI=1S/C13H20N4/c1-10-5-6-13(16-15-10)14-11-7-9-17-8-3-2-4-12(11)17/h5-6,11-12H,2-4,7-9H2,1H3,(H,14,16). The fraction of sp³-hybridized carbons (Fsp3) is 0.692. The maximum Gasteiger partial charge on any atom is 0.148 e. The van der Waals surface area contributed by atoms with Crippen molar-refractivity contribution in [2.24, 2.45) is 0 Å². The van der Waals surface area contributed by atoms with Crippen LogP contribution in [0.25, 0.3) is 0 Å². The van der Waals surface area contributed by atoms with Crippen LogP contribution in [0.1, 0.15) is 31.4 Å². The maximum atomic E-state index is 4.20. The number of rotatable bonds is 2. The van der Waals surface area contributed by atoms with E-state index in [9.17, 15) is 0 Å². The number of hydrogen-bond acceptors (Lipinski definition) is 4. The molecule has 2 fully saturated rings. The van der Waals surface area contributed by atoms with E-state index >= 15 is 0 Å². The second-order valence-corrected chi connectivity index (χ2v) is 5.20. The highest BCUT2D eigenvalue weighted by atomic mass is 15.3. The molecule has 0 aliphatic carbocycles. The van der Waals surface area contributed by atoms with E-state index in [0.717, 1.165) is 11.5 Å². The summed E-state index contributed by atoms with van der Waals surface area (Å²) in [5, 5.41) is 11.9. The van der Waals surface area contributed by atoms with Gasteiger partial charge in [0, 0.05) is 18.6 Å². The van der Waals surface area contributed by atoms with Gasteiger partial charge in [-0.25, -0.2) is 0 Å². The van der Waals surface area contributed by atoms with Crippen LogP contribution < -0.4 is 5.32 Å². The predicted octanol–water partition coefficient (Wildman–Crippen LogP) is 1.82. The van der Waals surface area contributed by atoms with Gasteiger partial charge in [-0.15, -0.1) is 5.10 Å². The normalized spacial score (nSPS) is 29.0. The summed E-state index contributed by atoms with van der Waals surface area (Å²) in [5.41, 5.74) is 0.973.